The Morgan fingerprint density at radius 1 is 1.40 bits per heavy atom. The van der Waals surface area contributed by atoms with Crippen LogP contribution >= 0.6 is 0 Å². The van der Waals surface area contributed by atoms with Crippen LogP contribution in [0, 0.1) is 6.20 Å². The van der Waals surface area contributed by atoms with E-state index in [1.807, 2.05) is 0 Å². The first kappa shape index (κ1) is 5.16. The molecule has 5 nitrogen and oxygen atoms in total. The van der Waals surface area contributed by atoms with Crippen molar-refractivity contribution in [3.8, 4) is 0 Å². The van der Waals surface area contributed by atoms with Gasteiger partial charge in [-0.2, -0.15) is 0 Å². The minimum atomic E-state index is 0.519. The molecule has 0 spiro atoms. The van der Waals surface area contributed by atoms with Crippen molar-refractivity contribution in [2.24, 2.45) is 0 Å². The summed E-state index contributed by atoms with van der Waals surface area (Å²) in [5.74, 6) is 0. The molecule has 2 aromatic heterocycles. The molecule has 2 aromatic rings. The van der Waals surface area contributed by atoms with Gasteiger partial charge in [0.05, 0.1) is 5.39 Å². The van der Waals surface area contributed by atoms with Gasteiger partial charge in [0.15, 0.2) is 5.65 Å². The molecule has 0 amide bonds. The summed E-state index contributed by atoms with van der Waals surface area (Å²) in [7, 11) is 0. The summed E-state index contributed by atoms with van der Waals surface area (Å²) in [5.41, 5.74) is 0.519. The molecule has 0 aromatic carbocycles. The van der Waals surface area contributed by atoms with Gasteiger partial charge in [-0.1, -0.05) is 0 Å². The van der Waals surface area contributed by atoms with Gasteiger partial charge in [-0.25, -0.2) is 9.97 Å². The second kappa shape index (κ2) is 1.94. The topological polar surface area (TPSA) is 64.5 Å². The van der Waals surface area contributed by atoms with E-state index < -0.39 is 0 Å². The van der Waals surface area contributed by atoms with Gasteiger partial charge in [-0.15, -0.1) is 10.2 Å². The van der Waals surface area contributed by atoms with Crippen LogP contribution in [0.5, 0.6) is 0 Å². The molecule has 0 aliphatic heterocycles. The maximum absolute atomic E-state index is 3.83. The van der Waals surface area contributed by atoms with Crippen LogP contribution in [-0.4, -0.2) is 25.4 Å². The summed E-state index contributed by atoms with van der Waals surface area (Å²) in [4.78, 5) is 7.59. The normalized spacial score (nSPS) is 10.0. The molecule has 0 unspecified atom stereocenters. The second-order valence-electron chi connectivity index (χ2n) is 1.66. The highest BCUT2D eigenvalue weighted by Gasteiger charge is 1.92. The van der Waals surface area contributed by atoms with Gasteiger partial charge in [0.25, 0.3) is 0 Å². The Balaban J connectivity index is 2.89. The van der Waals surface area contributed by atoms with Gasteiger partial charge >= 0.3 is 0 Å². The Labute approximate surface area is 56.1 Å². The highest BCUT2D eigenvalue weighted by Crippen LogP contribution is 1.98. The van der Waals surface area contributed by atoms with E-state index in [0.29, 0.717) is 11.0 Å². The third-order valence-electron chi connectivity index (χ3n) is 1.05. The number of rotatable bonds is 0. The standard InChI is InChI=1S/C5H2N5/c1-4-2-8-10-9-5(4)7-3-6-1/h1,3H. The molecule has 2 heterocycles. The fourth-order valence-corrected chi connectivity index (χ4v) is 0.623. The van der Waals surface area contributed by atoms with Crippen molar-refractivity contribution in [3.63, 3.8) is 0 Å². The molecular formula is C5H2N5. The molecule has 47 valence electrons. The molecule has 5 heteroatoms. The van der Waals surface area contributed by atoms with Gasteiger partial charge in [0.1, 0.15) is 12.5 Å². The zero-order valence-corrected chi connectivity index (χ0v) is 4.89. The molecule has 0 saturated heterocycles. The predicted octanol–water partition coefficient (Wildman–Crippen LogP) is -0.385. The summed E-state index contributed by atoms with van der Waals surface area (Å²) >= 11 is 0. The van der Waals surface area contributed by atoms with Crippen LogP contribution in [0.3, 0.4) is 0 Å². The van der Waals surface area contributed by atoms with E-state index >= 15 is 0 Å². The van der Waals surface area contributed by atoms with E-state index in [4.69, 9.17) is 0 Å². The smallest absolute Gasteiger partial charge is 0.188 e. The number of hydrogen-bond donors (Lipinski definition) is 0. The Hall–Kier alpha value is -1.65. The van der Waals surface area contributed by atoms with Crippen LogP contribution in [0.2, 0.25) is 0 Å². The fraction of sp³-hybridized carbons (Fsp3) is 0. The fourth-order valence-electron chi connectivity index (χ4n) is 0.623. The molecule has 2 rings (SSSR count). The van der Waals surface area contributed by atoms with Crippen molar-refractivity contribution in [1.29, 1.82) is 0 Å². The molecule has 1 radical (unpaired) electrons. The number of aromatic nitrogens is 5. The van der Waals surface area contributed by atoms with E-state index in [9.17, 15) is 0 Å². The molecule has 0 N–H and O–H groups in total. The second-order valence-corrected chi connectivity index (χ2v) is 1.66. The van der Waals surface area contributed by atoms with Crippen molar-refractivity contribution >= 4 is 11.0 Å². The lowest BCUT2D eigenvalue weighted by molar-refractivity contribution is 0.877. The lowest BCUT2D eigenvalue weighted by Gasteiger charge is -1.86. The number of nitrogens with zero attached hydrogens (tertiary/aromatic N) is 5. The number of fused-ring (bicyclic) bond motifs is 1. The minimum Gasteiger partial charge on any atom is -0.244 e. The van der Waals surface area contributed by atoms with Gasteiger partial charge < -0.3 is 0 Å². The molecular weight excluding hydrogens is 130 g/mol. The summed E-state index contributed by atoms with van der Waals surface area (Å²) in [6.07, 6.45) is 5.60. The molecule has 10 heavy (non-hydrogen) atoms. The Bertz CT molecular complexity index is 281. The highest BCUT2D eigenvalue weighted by molar-refractivity contribution is 5.69. The van der Waals surface area contributed by atoms with E-state index in [1.165, 1.54) is 6.33 Å². The molecule has 0 atom stereocenters. The van der Waals surface area contributed by atoms with Crippen molar-refractivity contribution < 1.29 is 0 Å². The minimum absolute atomic E-state index is 0.519. The Morgan fingerprint density at radius 2 is 2.40 bits per heavy atom. The lowest BCUT2D eigenvalue weighted by atomic mass is 10.4. The van der Waals surface area contributed by atoms with Crippen LogP contribution in [0.15, 0.2) is 12.5 Å². The molecule has 0 aliphatic rings. The van der Waals surface area contributed by atoms with Gasteiger partial charge in [-0.3, -0.25) is 0 Å². The van der Waals surface area contributed by atoms with Gasteiger partial charge in [0, 0.05) is 6.20 Å². The Kier molecular flexibility index (Phi) is 1.00. The molecule has 0 fully saturated rings. The quantitative estimate of drug-likeness (QED) is 0.488. The van der Waals surface area contributed by atoms with Crippen molar-refractivity contribution in [2.45, 2.75) is 0 Å². The van der Waals surface area contributed by atoms with Gasteiger partial charge in [0.2, 0.25) is 0 Å². The summed E-state index contributed by atoms with van der Waals surface area (Å²) in [6, 6.07) is 0. The van der Waals surface area contributed by atoms with Gasteiger partial charge in [-0.05, 0) is 5.21 Å². The zero-order valence-electron chi connectivity index (χ0n) is 4.89. The van der Waals surface area contributed by atoms with E-state index in [2.05, 4.69) is 31.6 Å². The van der Waals surface area contributed by atoms with E-state index in [0.717, 1.165) is 0 Å². The molecule has 0 bridgehead atoms. The van der Waals surface area contributed by atoms with Crippen LogP contribution < -0.4 is 0 Å². The van der Waals surface area contributed by atoms with Crippen molar-refractivity contribution in [3.05, 3.63) is 18.7 Å². The average molecular weight is 132 g/mol. The summed E-state index contributed by atoms with van der Waals surface area (Å²) in [6.45, 7) is 0. The lowest BCUT2D eigenvalue weighted by Crippen LogP contribution is -1.90. The van der Waals surface area contributed by atoms with Crippen LogP contribution in [-0.2, 0) is 0 Å². The van der Waals surface area contributed by atoms with Crippen LogP contribution in [0.1, 0.15) is 0 Å². The van der Waals surface area contributed by atoms with Crippen molar-refractivity contribution in [1.82, 2.24) is 25.4 Å². The third-order valence-corrected chi connectivity index (χ3v) is 1.05. The van der Waals surface area contributed by atoms with E-state index in [-0.39, 0.29) is 0 Å². The Morgan fingerprint density at radius 3 is 3.30 bits per heavy atom. The average Bonchev–Trinajstić information content (AvgIpc) is 2.05. The van der Waals surface area contributed by atoms with E-state index in [1.54, 1.807) is 6.20 Å². The first-order chi connectivity index (χ1) is 4.97. The van der Waals surface area contributed by atoms with Crippen molar-refractivity contribution in [2.75, 3.05) is 0 Å². The monoisotopic (exact) mass is 132 g/mol. The first-order valence-corrected chi connectivity index (χ1v) is 2.63. The SMILES string of the molecule is [c]1nnnc2ncncc12. The zero-order chi connectivity index (χ0) is 6.81. The molecule has 0 aliphatic carbocycles. The number of hydrogen-bond acceptors (Lipinski definition) is 5. The van der Waals surface area contributed by atoms with Crippen LogP contribution in [0.4, 0.5) is 0 Å². The summed E-state index contributed by atoms with van der Waals surface area (Å²) in [5, 5.41) is 11.1. The molecule has 0 saturated carbocycles. The predicted molar refractivity (Wildman–Crippen MR) is 31.8 cm³/mol. The summed E-state index contributed by atoms with van der Waals surface area (Å²) < 4.78 is 0. The largest absolute Gasteiger partial charge is 0.244 e. The maximum atomic E-state index is 3.83. The highest BCUT2D eigenvalue weighted by atomic mass is 15.3. The van der Waals surface area contributed by atoms with Crippen LogP contribution in [0.25, 0.3) is 11.0 Å². The third kappa shape index (κ3) is 0.680. The first-order valence-electron chi connectivity index (χ1n) is 2.63. The maximum Gasteiger partial charge on any atom is 0.188 e.